The molecule has 0 aromatic carbocycles. The lowest BCUT2D eigenvalue weighted by molar-refractivity contribution is -0.152. The van der Waals surface area contributed by atoms with Crippen LogP contribution in [-0.4, -0.2) is 48.4 Å². The number of carbonyl (C=O) groups excluding carboxylic acids is 1. The predicted molar refractivity (Wildman–Crippen MR) is 86.7 cm³/mol. The van der Waals surface area contributed by atoms with E-state index in [2.05, 4.69) is 24.0 Å². The van der Waals surface area contributed by atoms with E-state index in [-0.39, 0.29) is 5.97 Å². The SMILES string of the molecule is CCNC1(C(=O)OCC)CCCC(SC2CCOCC2)C1. The number of rotatable bonds is 6. The van der Waals surface area contributed by atoms with Crippen LogP contribution < -0.4 is 5.32 Å². The summed E-state index contributed by atoms with van der Waals surface area (Å²) >= 11 is 2.08. The molecule has 4 nitrogen and oxygen atoms in total. The zero-order valence-corrected chi connectivity index (χ0v) is 14.2. The van der Waals surface area contributed by atoms with Gasteiger partial charge in [0.05, 0.1) is 6.61 Å². The summed E-state index contributed by atoms with van der Waals surface area (Å²) in [5.74, 6) is -0.0517. The quantitative estimate of drug-likeness (QED) is 0.764. The fraction of sp³-hybridized carbons (Fsp3) is 0.938. The van der Waals surface area contributed by atoms with Crippen LogP contribution in [0.2, 0.25) is 0 Å². The van der Waals surface area contributed by atoms with E-state index in [9.17, 15) is 4.79 Å². The van der Waals surface area contributed by atoms with Gasteiger partial charge in [0, 0.05) is 23.7 Å². The third-order valence-corrected chi connectivity index (χ3v) is 6.08. The molecule has 1 saturated carbocycles. The van der Waals surface area contributed by atoms with Crippen LogP contribution in [0.4, 0.5) is 0 Å². The largest absolute Gasteiger partial charge is 0.465 e. The Kier molecular flexibility index (Phi) is 6.83. The van der Waals surface area contributed by atoms with E-state index in [0.717, 1.165) is 51.9 Å². The number of likely N-dealkylation sites (N-methyl/N-ethyl adjacent to an activating group) is 1. The van der Waals surface area contributed by atoms with E-state index in [1.807, 2.05) is 6.92 Å². The van der Waals surface area contributed by atoms with E-state index in [0.29, 0.717) is 17.1 Å². The second-order valence-electron chi connectivity index (χ2n) is 6.00. The van der Waals surface area contributed by atoms with Crippen molar-refractivity contribution in [2.24, 2.45) is 0 Å². The Morgan fingerprint density at radius 2 is 2.05 bits per heavy atom. The molecule has 1 saturated heterocycles. The van der Waals surface area contributed by atoms with Gasteiger partial charge in [-0.15, -0.1) is 0 Å². The van der Waals surface area contributed by atoms with Crippen LogP contribution in [0.15, 0.2) is 0 Å². The van der Waals surface area contributed by atoms with Crippen LogP contribution in [0, 0.1) is 0 Å². The summed E-state index contributed by atoms with van der Waals surface area (Å²) in [6.45, 7) is 7.00. The molecule has 2 atom stereocenters. The number of carbonyl (C=O) groups is 1. The summed E-state index contributed by atoms with van der Waals surface area (Å²) in [6.07, 6.45) is 6.43. The number of thioether (sulfide) groups is 1. The highest BCUT2D eigenvalue weighted by molar-refractivity contribution is 8.00. The van der Waals surface area contributed by atoms with Gasteiger partial charge < -0.3 is 14.8 Å². The van der Waals surface area contributed by atoms with Crippen LogP contribution in [0.25, 0.3) is 0 Å². The molecule has 0 radical (unpaired) electrons. The summed E-state index contributed by atoms with van der Waals surface area (Å²) < 4.78 is 10.8. The number of esters is 1. The van der Waals surface area contributed by atoms with Crippen molar-refractivity contribution in [3.63, 3.8) is 0 Å². The molecule has 0 aromatic rings. The molecule has 1 heterocycles. The number of hydrogen-bond donors (Lipinski definition) is 1. The molecule has 2 rings (SSSR count). The monoisotopic (exact) mass is 315 g/mol. The second-order valence-corrected chi connectivity index (χ2v) is 7.60. The Bertz CT molecular complexity index is 329. The Labute approximate surface area is 132 Å². The van der Waals surface area contributed by atoms with Gasteiger partial charge in [-0.2, -0.15) is 11.8 Å². The van der Waals surface area contributed by atoms with Crippen molar-refractivity contribution in [2.75, 3.05) is 26.4 Å². The van der Waals surface area contributed by atoms with Crippen LogP contribution in [-0.2, 0) is 14.3 Å². The molecular weight excluding hydrogens is 286 g/mol. The maximum Gasteiger partial charge on any atom is 0.326 e. The van der Waals surface area contributed by atoms with Crippen molar-refractivity contribution in [3.05, 3.63) is 0 Å². The van der Waals surface area contributed by atoms with Gasteiger partial charge in [-0.05, 0) is 52.0 Å². The number of ether oxygens (including phenoxy) is 2. The van der Waals surface area contributed by atoms with Gasteiger partial charge in [0.2, 0.25) is 0 Å². The van der Waals surface area contributed by atoms with Crippen molar-refractivity contribution < 1.29 is 14.3 Å². The average molecular weight is 315 g/mol. The van der Waals surface area contributed by atoms with Crippen LogP contribution in [0.5, 0.6) is 0 Å². The topological polar surface area (TPSA) is 47.6 Å². The summed E-state index contributed by atoms with van der Waals surface area (Å²) in [4.78, 5) is 12.4. The first kappa shape index (κ1) is 17.1. The van der Waals surface area contributed by atoms with Crippen molar-refractivity contribution >= 4 is 17.7 Å². The van der Waals surface area contributed by atoms with Gasteiger partial charge in [-0.1, -0.05) is 6.92 Å². The van der Waals surface area contributed by atoms with Gasteiger partial charge >= 0.3 is 5.97 Å². The highest BCUT2D eigenvalue weighted by Crippen LogP contribution is 2.39. The normalized spacial score (nSPS) is 31.0. The summed E-state index contributed by atoms with van der Waals surface area (Å²) in [6, 6.07) is 0. The fourth-order valence-electron chi connectivity index (χ4n) is 3.45. The standard InChI is InChI=1S/C16H29NO3S/c1-3-17-16(15(18)20-4-2)9-5-6-14(12-16)21-13-7-10-19-11-8-13/h13-14,17H,3-12H2,1-2H3. The molecule has 21 heavy (non-hydrogen) atoms. The minimum Gasteiger partial charge on any atom is -0.465 e. The van der Waals surface area contributed by atoms with Gasteiger partial charge in [-0.3, -0.25) is 4.79 Å². The van der Waals surface area contributed by atoms with Gasteiger partial charge in [-0.25, -0.2) is 0 Å². The van der Waals surface area contributed by atoms with Crippen molar-refractivity contribution in [1.82, 2.24) is 5.32 Å². The summed E-state index contributed by atoms with van der Waals surface area (Å²) in [5.41, 5.74) is -0.453. The smallest absolute Gasteiger partial charge is 0.326 e. The zero-order chi connectivity index (χ0) is 15.1. The maximum absolute atomic E-state index is 12.4. The van der Waals surface area contributed by atoms with Crippen LogP contribution in [0.1, 0.15) is 52.4 Å². The molecule has 2 aliphatic rings. The maximum atomic E-state index is 12.4. The Balaban J connectivity index is 1.96. The van der Waals surface area contributed by atoms with E-state index >= 15 is 0 Å². The minimum absolute atomic E-state index is 0.0517. The zero-order valence-electron chi connectivity index (χ0n) is 13.4. The first-order valence-corrected chi connectivity index (χ1v) is 9.30. The molecule has 1 aliphatic heterocycles. The Hall–Kier alpha value is -0.260. The molecule has 5 heteroatoms. The molecule has 2 fully saturated rings. The van der Waals surface area contributed by atoms with Crippen molar-refractivity contribution in [3.8, 4) is 0 Å². The van der Waals surface area contributed by atoms with Crippen LogP contribution in [0.3, 0.4) is 0 Å². The highest BCUT2D eigenvalue weighted by atomic mass is 32.2. The minimum atomic E-state index is -0.453. The number of hydrogen-bond acceptors (Lipinski definition) is 5. The van der Waals surface area contributed by atoms with E-state index in [1.54, 1.807) is 0 Å². The van der Waals surface area contributed by atoms with Crippen molar-refractivity contribution in [1.29, 1.82) is 0 Å². The Morgan fingerprint density at radius 3 is 2.71 bits per heavy atom. The molecule has 1 aliphatic carbocycles. The van der Waals surface area contributed by atoms with Crippen molar-refractivity contribution in [2.45, 2.75) is 68.4 Å². The third-order valence-electron chi connectivity index (χ3n) is 4.44. The molecule has 0 aromatic heterocycles. The van der Waals surface area contributed by atoms with Gasteiger partial charge in [0.15, 0.2) is 0 Å². The molecule has 2 unspecified atom stereocenters. The lowest BCUT2D eigenvalue weighted by Gasteiger charge is -2.40. The molecular formula is C16H29NO3S. The summed E-state index contributed by atoms with van der Waals surface area (Å²) in [7, 11) is 0. The lowest BCUT2D eigenvalue weighted by Crippen LogP contribution is -2.56. The fourth-order valence-corrected chi connectivity index (χ4v) is 5.14. The molecule has 0 spiro atoms. The van der Waals surface area contributed by atoms with Gasteiger partial charge in [0.25, 0.3) is 0 Å². The Morgan fingerprint density at radius 1 is 1.29 bits per heavy atom. The van der Waals surface area contributed by atoms with Gasteiger partial charge in [0.1, 0.15) is 5.54 Å². The third kappa shape index (κ3) is 4.60. The van der Waals surface area contributed by atoms with E-state index < -0.39 is 5.54 Å². The molecule has 1 N–H and O–H groups in total. The predicted octanol–water partition coefficient (Wildman–Crippen LogP) is 2.75. The lowest BCUT2D eigenvalue weighted by atomic mass is 9.81. The summed E-state index contributed by atoms with van der Waals surface area (Å²) in [5, 5.41) is 4.70. The van der Waals surface area contributed by atoms with E-state index in [1.165, 1.54) is 6.42 Å². The highest BCUT2D eigenvalue weighted by Gasteiger charge is 2.44. The molecule has 0 amide bonds. The molecule has 122 valence electrons. The van der Waals surface area contributed by atoms with E-state index in [4.69, 9.17) is 9.47 Å². The van der Waals surface area contributed by atoms with Crippen LogP contribution >= 0.6 is 11.8 Å². The number of nitrogens with one attached hydrogen (secondary N) is 1. The average Bonchev–Trinajstić information content (AvgIpc) is 2.49. The first-order chi connectivity index (χ1) is 10.2. The first-order valence-electron chi connectivity index (χ1n) is 8.35. The molecule has 0 bridgehead atoms. The second kappa shape index (κ2) is 8.39.